The van der Waals surface area contributed by atoms with E-state index in [-0.39, 0.29) is 0 Å². The Morgan fingerprint density at radius 1 is 1.29 bits per heavy atom. The van der Waals surface area contributed by atoms with E-state index in [1.54, 1.807) is 0 Å². The molecule has 1 atom stereocenters. The van der Waals surface area contributed by atoms with Crippen molar-refractivity contribution in [2.75, 3.05) is 31.5 Å². The molecule has 7 heteroatoms. The van der Waals surface area contributed by atoms with Gasteiger partial charge in [-0.15, -0.1) is 0 Å². The Labute approximate surface area is 146 Å². The molecule has 0 aromatic heterocycles. The average molecular weight is 359 g/mol. The van der Waals surface area contributed by atoms with Gasteiger partial charge in [-0.1, -0.05) is 6.92 Å². The van der Waals surface area contributed by atoms with Crippen LogP contribution in [-0.4, -0.2) is 36.2 Å². The van der Waals surface area contributed by atoms with Crippen LogP contribution in [0, 0.1) is 5.92 Å². The first-order valence-corrected chi connectivity index (χ1v) is 8.70. The number of rotatable bonds is 5. The highest BCUT2D eigenvalue weighted by Crippen LogP contribution is 2.29. The Kier molecular flexibility index (Phi) is 6.86. The summed E-state index contributed by atoms with van der Waals surface area (Å²) in [6.45, 7) is 6.40. The molecular weight excluding hydrogens is 335 g/mol. The number of thiocarbonyl (C=S) groups is 1. The van der Waals surface area contributed by atoms with E-state index < -0.39 is 11.7 Å². The van der Waals surface area contributed by atoms with Crippen molar-refractivity contribution in [1.29, 1.82) is 0 Å². The quantitative estimate of drug-likeness (QED) is 0.611. The van der Waals surface area contributed by atoms with Crippen LogP contribution in [0.1, 0.15) is 31.7 Å². The predicted octanol–water partition coefficient (Wildman–Crippen LogP) is 4.11. The van der Waals surface area contributed by atoms with Crippen molar-refractivity contribution in [2.45, 2.75) is 32.4 Å². The van der Waals surface area contributed by atoms with Crippen LogP contribution < -0.4 is 10.6 Å². The van der Waals surface area contributed by atoms with Gasteiger partial charge in [0.1, 0.15) is 0 Å². The zero-order chi connectivity index (χ0) is 17.6. The monoisotopic (exact) mass is 359 g/mol. The van der Waals surface area contributed by atoms with E-state index in [4.69, 9.17) is 12.2 Å². The van der Waals surface area contributed by atoms with Gasteiger partial charge in [-0.05, 0) is 74.8 Å². The first-order chi connectivity index (χ1) is 11.3. The van der Waals surface area contributed by atoms with Crippen molar-refractivity contribution in [1.82, 2.24) is 10.2 Å². The minimum Gasteiger partial charge on any atom is -0.362 e. The van der Waals surface area contributed by atoms with Gasteiger partial charge >= 0.3 is 6.18 Å². The average Bonchev–Trinajstić information content (AvgIpc) is 2.51. The van der Waals surface area contributed by atoms with Crippen LogP contribution in [-0.2, 0) is 6.18 Å². The Morgan fingerprint density at radius 2 is 2.00 bits per heavy atom. The summed E-state index contributed by atoms with van der Waals surface area (Å²) in [5.41, 5.74) is -0.118. The van der Waals surface area contributed by atoms with E-state index in [1.807, 2.05) is 0 Å². The summed E-state index contributed by atoms with van der Waals surface area (Å²) in [5.74, 6) is 0.772. The first kappa shape index (κ1) is 19.0. The molecule has 0 aliphatic carbocycles. The normalized spacial score (nSPS) is 19.1. The summed E-state index contributed by atoms with van der Waals surface area (Å²) in [7, 11) is 0. The van der Waals surface area contributed by atoms with E-state index in [0.717, 1.165) is 44.1 Å². The minimum absolute atomic E-state index is 0.432. The highest BCUT2D eigenvalue weighted by atomic mass is 32.1. The van der Waals surface area contributed by atoms with Gasteiger partial charge in [0.15, 0.2) is 5.11 Å². The molecule has 0 radical (unpaired) electrons. The second-order valence-corrected chi connectivity index (χ2v) is 6.77. The molecule has 1 aromatic carbocycles. The van der Waals surface area contributed by atoms with Gasteiger partial charge in [0.2, 0.25) is 0 Å². The third-order valence-corrected chi connectivity index (χ3v) is 4.39. The van der Waals surface area contributed by atoms with Gasteiger partial charge in [-0.3, -0.25) is 0 Å². The van der Waals surface area contributed by atoms with Crippen molar-refractivity contribution in [2.24, 2.45) is 5.92 Å². The van der Waals surface area contributed by atoms with Crippen LogP contribution in [0.2, 0.25) is 0 Å². The lowest BCUT2D eigenvalue weighted by Gasteiger charge is -2.30. The molecule has 0 unspecified atom stereocenters. The summed E-state index contributed by atoms with van der Waals surface area (Å²) in [4.78, 5) is 2.47. The summed E-state index contributed by atoms with van der Waals surface area (Å²) in [6.07, 6.45) is -0.747. The molecule has 0 spiro atoms. The third-order valence-electron chi connectivity index (χ3n) is 4.15. The van der Waals surface area contributed by atoms with Crippen molar-refractivity contribution < 1.29 is 13.2 Å². The van der Waals surface area contributed by atoms with Crippen molar-refractivity contribution >= 4 is 23.0 Å². The van der Waals surface area contributed by atoms with Gasteiger partial charge in [0, 0.05) is 18.8 Å². The van der Waals surface area contributed by atoms with Crippen molar-refractivity contribution in [3.63, 3.8) is 0 Å². The topological polar surface area (TPSA) is 27.3 Å². The summed E-state index contributed by atoms with van der Waals surface area (Å²) in [6, 6.07) is 4.85. The van der Waals surface area contributed by atoms with Gasteiger partial charge < -0.3 is 15.5 Å². The maximum absolute atomic E-state index is 12.5. The number of benzene rings is 1. The van der Waals surface area contributed by atoms with Crippen LogP contribution in [0.3, 0.4) is 0 Å². The summed E-state index contributed by atoms with van der Waals surface area (Å²) in [5, 5.41) is 6.44. The fourth-order valence-corrected chi connectivity index (χ4v) is 3.13. The summed E-state index contributed by atoms with van der Waals surface area (Å²) >= 11 is 5.17. The largest absolute Gasteiger partial charge is 0.416 e. The molecule has 2 N–H and O–H groups in total. The summed E-state index contributed by atoms with van der Waals surface area (Å²) < 4.78 is 37.5. The van der Waals surface area contributed by atoms with Crippen LogP contribution >= 0.6 is 12.2 Å². The van der Waals surface area contributed by atoms with E-state index in [1.165, 1.54) is 31.5 Å². The van der Waals surface area contributed by atoms with Gasteiger partial charge in [0.25, 0.3) is 0 Å². The number of anilines is 1. The molecule has 1 aromatic rings. The SMILES string of the molecule is C[C@@H]1CCCN(CCCNC(=S)Nc2ccc(C(F)(F)F)cc2)C1. The van der Waals surface area contributed by atoms with Crippen molar-refractivity contribution in [3.8, 4) is 0 Å². The first-order valence-electron chi connectivity index (χ1n) is 8.29. The molecule has 1 fully saturated rings. The standard InChI is InChI=1S/C17H24F3N3S/c1-13-4-2-10-23(12-13)11-3-9-21-16(24)22-15-7-5-14(6-8-15)17(18,19)20/h5-8,13H,2-4,9-12H2,1H3,(H2,21,22,24)/t13-/m1/s1. The molecular formula is C17H24F3N3S. The zero-order valence-corrected chi connectivity index (χ0v) is 14.6. The Bertz CT molecular complexity index is 531. The number of alkyl halides is 3. The van der Waals surface area contributed by atoms with Gasteiger partial charge in [0.05, 0.1) is 5.56 Å². The number of hydrogen-bond acceptors (Lipinski definition) is 2. The number of likely N-dealkylation sites (tertiary alicyclic amines) is 1. The number of piperidine rings is 1. The molecule has 24 heavy (non-hydrogen) atoms. The number of nitrogens with zero attached hydrogens (tertiary/aromatic N) is 1. The number of halogens is 3. The van der Waals surface area contributed by atoms with Crippen LogP contribution in [0.4, 0.5) is 18.9 Å². The lowest BCUT2D eigenvalue weighted by molar-refractivity contribution is -0.137. The fourth-order valence-electron chi connectivity index (χ4n) is 2.91. The second kappa shape index (κ2) is 8.67. The Balaban J connectivity index is 1.66. The van der Waals surface area contributed by atoms with Crippen LogP contribution in [0.5, 0.6) is 0 Å². The molecule has 3 nitrogen and oxygen atoms in total. The van der Waals surface area contributed by atoms with Gasteiger partial charge in [-0.2, -0.15) is 13.2 Å². The highest BCUT2D eigenvalue weighted by molar-refractivity contribution is 7.80. The molecule has 0 saturated carbocycles. The predicted molar refractivity (Wildman–Crippen MR) is 95.1 cm³/mol. The minimum atomic E-state index is -4.32. The van der Waals surface area contributed by atoms with E-state index in [9.17, 15) is 13.2 Å². The smallest absolute Gasteiger partial charge is 0.362 e. The zero-order valence-electron chi connectivity index (χ0n) is 13.8. The number of nitrogens with one attached hydrogen (secondary N) is 2. The lowest BCUT2D eigenvalue weighted by atomic mass is 10.0. The Hall–Kier alpha value is -1.34. The lowest BCUT2D eigenvalue weighted by Crippen LogP contribution is -2.37. The van der Waals surface area contributed by atoms with Gasteiger partial charge in [-0.25, -0.2) is 0 Å². The van der Waals surface area contributed by atoms with E-state index >= 15 is 0 Å². The fraction of sp³-hybridized carbons (Fsp3) is 0.588. The maximum Gasteiger partial charge on any atom is 0.416 e. The molecule has 1 aliphatic rings. The third kappa shape index (κ3) is 6.28. The second-order valence-electron chi connectivity index (χ2n) is 6.36. The van der Waals surface area contributed by atoms with E-state index in [2.05, 4.69) is 22.5 Å². The van der Waals surface area contributed by atoms with Crippen molar-refractivity contribution in [3.05, 3.63) is 29.8 Å². The van der Waals surface area contributed by atoms with E-state index in [0.29, 0.717) is 10.8 Å². The molecule has 1 aliphatic heterocycles. The molecule has 1 heterocycles. The van der Waals surface area contributed by atoms with Crippen LogP contribution in [0.15, 0.2) is 24.3 Å². The molecule has 0 bridgehead atoms. The molecule has 0 amide bonds. The highest BCUT2D eigenvalue weighted by Gasteiger charge is 2.29. The molecule has 134 valence electrons. The van der Waals surface area contributed by atoms with Crippen LogP contribution in [0.25, 0.3) is 0 Å². The molecule has 1 saturated heterocycles. The maximum atomic E-state index is 12.5. The Morgan fingerprint density at radius 3 is 2.62 bits per heavy atom. The number of hydrogen-bond donors (Lipinski definition) is 2. The molecule has 2 rings (SSSR count).